The van der Waals surface area contributed by atoms with Crippen molar-refractivity contribution in [3.63, 3.8) is 0 Å². The van der Waals surface area contributed by atoms with E-state index in [1.54, 1.807) is 0 Å². The van der Waals surface area contributed by atoms with Crippen molar-refractivity contribution >= 4 is 7.92 Å². The molecule has 5 nitrogen and oxygen atoms in total. The molecule has 0 bridgehead atoms. The molecule has 0 aliphatic carbocycles. The molecule has 1 N–H and O–H groups in total. The van der Waals surface area contributed by atoms with E-state index in [0.717, 1.165) is 38.4 Å². The van der Waals surface area contributed by atoms with Crippen LogP contribution in [0.1, 0.15) is 26.5 Å². The van der Waals surface area contributed by atoms with E-state index in [-0.39, 0.29) is 30.3 Å². The molecule has 0 atom stereocenters. The Hall–Kier alpha value is 0.230. The molecule has 0 aromatic carbocycles. The summed E-state index contributed by atoms with van der Waals surface area (Å²) in [5.41, 5.74) is 0.976. The van der Waals surface area contributed by atoms with E-state index in [1.165, 1.54) is 18.5 Å². The fourth-order valence-corrected chi connectivity index (χ4v) is 3.75. The largest absolute Gasteiger partial charge is 1.00 e. The molecule has 1 aromatic heterocycles. The van der Waals surface area contributed by atoms with Gasteiger partial charge in [-0.1, -0.05) is 0 Å². The van der Waals surface area contributed by atoms with E-state index in [1.807, 2.05) is 0 Å². The summed E-state index contributed by atoms with van der Waals surface area (Å²) in [5.74, 6) is 0. The van der Waals surface area contributed by atoms with Gasteiger partial charge in [0.1, 0.15) is 0 Å². The van der Waals surface area contributed by atoms with E-state index in [0.29, 0.717) is 0 Å². The van der Waals surface area contributed by atoms with Gasteiger partial charge in [0.25, 0.3) is 0 Å². The molecule has 0 spiro atoms. The zero-order chi connectivity index (χ0) is 14.8. The van der Waals surface area contributed by atoms with E-state index in [9.17, 15) is 0 Å². The van der Waals surface area contributed by atoms with Gasteiger partial charge < -0.3 is 16.2 Å². The molecule has 2 rings (SSSR count). The Balaban J connectivity index is 0.000000436. The first kappa shape index (κ1) is 21.2. The molecule has 0 unspecified atom stereocenters. The molecule has 2 heterocycles. The van der Waals surface area contributed by atoms with Gasteiger partial charge >= 0.3 is 22.4 Å². The molecule has 1 aliphatic rings. The van der Waals surface area contributed by atoms with Crippen molar-refractivity contribution in [3.8, 4) is 0 Å². The standard InChI is InChI=1S/C8H14N5.C6H15P.Au/c1-12-2-4-13(5-3-12)7-8-6-9-11-10-8;1-4-7(5-2)6-3;/h2-5,7H2,1H3,(H,9,10,11);4-6H2,1-3H3;/q-1;;+1/p+1. The number of aromatic nitrogens is 3. The normalized spacial score (nSPS) is 16.2. The smallest absolute Gasteiger partial charge is 0.351 e. The minimum Gasteiger partial charge on any atom is -0.351 e. The van der Waals surface area contributed by atoms with Gasteiger partial charge in [0.05, 0.1) is 18.5 Å². The Bertz CT molecular complexity index is 319. The molecular weight excluding hydrogens is 466 g/mol. The minimum atomic E-state index is 0. The van der Waals surface area contributed by atoms with Crippen LogP contribution in [0.25, 0.3) is 0 Å². The summed E-state index contributed by atoms with van der Waals surface area (Å²) in [7, 11) is 2.29. The van der Waals surface area contributed by atoms with Crippen molar-refractivity contribution in [3.05, 3.63) is 11.9 Å². The zero-order valence-electron chi connectivity index (χ0n) is 13.7. The van der Waals surface area contributed by atoms with Gasteiger partial charge in [-0.2, -0.15) is 0 Å². The van der Waals surface area contributed by atoms with Crippen LogP contribution in [-0.4, -0.2) is 76.9 Å². The number of H-pyrrole nitrogens is 1. The van der Waals surface area contributed by atoms with Gasteiger partial charge in [-0.05, 0) is 35.7 Å². The second-order valence-electron chi connectivity index (χ2n) is 5.29. The summed E-state index contributed by atoms with van der Waals surface area (Å²) in [4.78, 5) is 4.72. The van der Waals surface area contributed by atoms with Crippen molar-refractivity contribution in [2.24, 2.45) is 0 Å². The van der Waals surface area contributed by atoms with Crippen LogP contribution in [0.15, 0.2) is 0 Å². The van der Waals surface area contributed by atoms with Crippen molar-refractivity contribution in [1.29, 1.82) is 0 Å². The fraction of sp³-hybridized carbons (Fsp3) is 0.857. The first-order chi connectivity index (χ1) is 9.69. The number of nitrogens with zero attached hydrogens (tertiary/aromatic N) is 4. The number of hydrogen-bond acceptors (Lipinski definition) is 4. The molecule has 7 heteroatoms. The topological polar surface area (TPSA) is 48.1 Å². The van der Waals surface area contributed by atoms with Crippen LogP contribution in [0.4, 0.5) is 0 Å². The Kier molecular flexibility index (Phi) is 12.9. The van der Waals surface area contributed by atoms with Gasteiger partial charge in [0.2, 0.25) is 0 Å². The SMILES string of the molecule is CC[PH+](CC)CC.CN1CCN(Cc2[c-]nn[nH]2)CC1.[Au+]. The van der Waals surface area contributed by atoms with Crippen LogP contribution >= 0.6 is 7.92 Å². The molecule has 1 saturated heterocycles. The summed E-state index contributed by atoms with van der Waals surface area (Å²) in [5, 5.41) is 10.1. The molecule has 126 valence electrons. The predicted molar refractivity (Wildman–Crippen MR) is 87.9 cm³/mol. The van der Waals surface area contributed by atoms with Gasteiger partial charge in [-0.25, -0.2) is 0 Å². The third-order valence-electron chi connectivity index (χ3n) is 3.90. The van der Waals surface area contributed by atoms with Crippen LogP contribution in [0.3, 0.4) is 0 Å². The summed E-state index contributed by atoms with van der Waals surface area (Å²) in [6.45, 7) is 12.3. The Morgan fingerprint density at radius 2 is 1.67 bits per heavy atom. The van der Waals surface area contributed by atoms with Crippen LogP contribution in [-0.2, 0) is 28.9 Å². The summed E-state index contributed by atoms with van der Waals surface area (Å²) in [6, 6.07) is 0. The summed E-state index contributed by atoms with van der Waals surface area (Å²) >= 11 is 0. The third kappa shape index (κ3) is 9.07. The molecule has 0 amide bonds. The van der Waals surface area contributed by atoms with Gasteiger partial charge in [-0.3, -0.25) is 10.00 Å². The zero-order valence-corrected chi connectivity index (χ0v) is 16.9. The van der Waals surface area contributed by atoms with Crippen LogP contribution in [0.2, 0.25) is 0 Å². The number of rotatable bonds is 5. The van der Waals surface area contributed by atoms with Crippen molar-refractivity contribution < 1.29 is 22.4 Å². The third-order valence-corrected chi connectivity index (χ3v) is 6.90. The number of nitrogens with one attached hydrogen (secondary N) is 1. The molecule has 1 aromatic rings. The Morgan fingerprint density at radius 1 is 1.10 bits per heavy atom. The van der Waals surface area contributed by atoms with Crippen LogP contribution in [0, 0.1) is 6.20 Å². The summed E-state index contributed by atoms with van der Waals surface area (Å²) < 4.78 is 0. The maximum absolute atomic E-state index is 3.63. The van der Waals surface area contributed by atoms with Crippen molar-refractivity contribution in [2.75, 3.05) is 51.7 Å². The molecule has 0 radical (unpaired) electrons. The molecule has 1 aliphatic heterocycles. The fourth-order valence-electron chi connectivity index (χ4n) is 2.25. The Labute approximate surface area is 146 Å². The van der Waals surface area contributed by atoms with E-state index < -0.39 is 0 Å². The molecule has 1 fully saturated rings. The first-order valence-electron chi connectivity index (χ1n) is 7.71. The molecular formula is C14H30AuN5P+. The average Bonchev–Trinajstić information content (AvgIpc) is 2.97. The first-order valence-corrected chi connectivity index (χ1v) is 9.83. The van der Waals surface area contributed by atoms with Gasteiger partial charge in [-0.15, -0.1) is 10.9 Å². The number of hydrogen-bond donors (Lipinski definition) is 1. The quantitative estimate of drug-likeness (QED) is 0.383. The maximum atomic E-state index is 3.63. The van der Waals surface area contributed by atoms with Gasteiger partial charge in [0, 0.05) is 32.7 Å². The monoisotopic (exact) mass is 496 g/mol. The molecule has 21 heavy (non-hydrogen) atoms. The number of aromatic amines is 1. The van der Waals surface area contributed by atoms with Crippen LogP contribution in [0.5, 0.6) is 0 Å². The van der Waals surface area contributed by atoms with E-state index >= 15 is 0 Å². The Morgan fingerprint density at radius 3 is 2.05 bits per heavy atom. The summed E-state index contributed by atoms with van der Waals surface area (Å²) in [6.07, 6.45) is 7.19. The van der Waals surface area contributed by atoms with E-state index in [2.05, 4.69) is 59.2 Å². The maximum Gasteiger partial charge on any atom is 1.00 e. The van der Waals surface area contributed by atoms with Crippen molar-refractivity contribution in [2.45, 2.75) is 27.3 Å². The number of piperazine rings is 1. The second kappa shape index (κ2) is 12.7. The van der Waals surface area contributed by atoms with Gasteiger partial charge in [0.15, 0.2) is 0 Å². The van der Waals surface area contributed by atoms with Crippen molar-refractivity contribution in [1.82, 2.24) is 25.2 Å². The average molecular weight is 496 g/mol. The second-order valence-corrected chi connectivity index (χ2v) is 8.91. The minimum absolute atomic E-state index is 0. The number of likely N-dealkylation sites (N-methyl/N-ethyl adjacent to an activating group) is 1. The van der Waals surface area contributed by atoms with E-state index in [4.69, 9.17) is 0 Å². The predicted octanol–water partition coefficient (Wildman–Crippen LogP) is 1.61. The molecule has 0 saturated carbocycles. The van der Waals surface area contributed by atoms with Crippen LogP contribution < -0.4 is 0 Å².